The second kappa shape index (κ2) is 5.17. The van der Waals surface area contributed by atoms with E-state index in [0.717, 1.165) is 12.8 Å². The van der Waals surface area contributed by atoms with Crippen molar-refractivity contribution in [2.24, 2.45) is 11.8 Å². The Balaban J connectivity index is 2.73. The summed E-state index contributed by atoms with van der Waals surface area (Å²) in [6.07, 6.45) is 2.13. The average molecular weight is 252 g/mol. The molecule has 0 aliphatic heterocycles. The third-order valence-corrected chi connectivity index (χ3v) is 3.55. The predicted molar refractivity (Wildman–Crippen MR) is 69.9 cm³/mol. The molecule has 0 radical (unpaired) electrons. The lowest BCUT2D eigenvalue weighted by molar-refractivity contribution is 0.0408. The van der Waals surface area contributed by atoms with E-state index < -0.39 is 17.2 Å². The van der Waals surface area contributed by atoms with Crippen molar-refractivity contribution in [3.8, 4) is 6.07 Å². The molecule has 0 aromatic carbocycles. The smallest absolute Gasteiger partial charge is 0.408 e. The zero-order valence-electron chi connectivity index (χ0n) is 12.0. The van der Waals surface area contributed by atoms with Gasteiger partial charge in [-0.15, -0.1) is 0 Å². The molecule has 3 atom stereocenters. The molecule has 0 aromatic rings. The molecule has 1 amide bonds. The van der Waals surface area contributed by atoms with E-state index in [4.69, 9.17) is 4.74 Å². The van der Waals surface area contributed by atoms with Gasteiger partial charge in [0.1, 0.15) is 11.1 Å². The summed E-state index contributed by atoms with van der Waals surface area (Å²) in [5.41, 5.74) is -1.30. The number of amides is 1. The number of nitrogens with one attached hydrogen (secondary N) is 1. The molecule has 0 bridgehead atoms. The van der Waals surface area contributed by atoms with Gasteiger partial charge >= 0.3 is 6.09 Å². The molecule has 0 saturated heterocycles. The molecule has 102 valence electrons. The van der Waals surface area contributed by atoms with E-state index in [9.17, 15) is 10.1 Å². The summed E-state index contributed by atoms with van der Waals surface area (Å²) in [7, 11) is 0. The molecule has 4 heteroatoms. The number of hydrogen-bond donors (Lipinski definition) is 1. The summed E-state index contributed by atoms with van der Waals surface area (Å²) in [6.45, 7) is 9.66. The maximum atomic E-state index is 11.8. The van der Waals surface area contributed by atoms with Gasteiger partial charge in [-0.05, 0) is 51.9 Å². The molecule has 1 saturated carbocycles. The molecule has 1 aliphatic rings. The van der Waals surface area contributed by atoms with Crippen molar-refractivity contribution >= 4 is 6.09 Å². The largest absolute Gasteiger partial charge is 0.444 e. The van der Waals surface area contributed by atoms with Crippen molar-refractivity contribution in [1.82, 2.24) is 5.32 Å². The van der Waals surface area contributed by atoms with Gasteiger partial charge < -0.3 is 10.1 Å². The number of nitrogens with zero attached hydrogens (tertiary/aromatic N) is 1. The van der Waals surface area contributed by atoms with E-state index in [1.54, 1.807) is 0 Å². The number of ether oxygens (including phenoxy) is 1. The van der Waals surface area contributed by atoms with Crippen molar-refractivity contribution in [2.45, 2.75) is 65.0 Å². The first-order chi connectivity index (χ1) is 8.18. The van der Waals surface area contributed by atoms with Gasteiger partial charge in [0.15, 0.2) is 0 Å². The minimum Gasteiger partial charge on any atom is -0.444 e. The first-order valence-corrected chi connectivity index (χ1v) is 6.61. The van der Waals surface area contributed by atoms with E-state index in [1.807, 2.05) is 27.7 Å². The third-order valence-electron chi connectivity index (χ3n) is 3.55. The van der Waals surface area contributed by atoms with Crippen molar-refractivity contribution in [3.05, 3.63) is 0 Å². The van der Waals surface area contributed by atoms with Crippen LogP contribution in [-0.4, -0.2) is 17.2 Å². The van der Waals surface area contributed by atoms with E-state index in [1.165, 1.54) is 0 Å². The Hall–Kier alpha value is -1.24. The fraction of sp³-hybridized carbons (Fsp3) is 0.857. The number of rotatable bonds is 1. The number of carbonyl (C=O) groups excluding carboxylic acids is 1. The maximum absolute atomic E-state index is 11.8. The molecular weight excluding hydrogens is 228 g/mol. The van der Waals surface area contributed by atoms with Gasteiger partial charge in [-0.2, -0.15) is 5.26 Å². The van der Waals surface area contributed by atoms with Crippen LogP contribution in [0.4, 0.5) is 4.79 Å². The Bertz CT molecular complexity index is 354. The number of hydrogen-bond acceptors (Lipinski definition) is 3. The number of alkyl carbamates (subject to hydrolysis) is 1. The van der Waals surface area contributed by atoms with Crippen LogP contribution in [0, 0.1) is 23.2 Å². The minimum absolute atomic E-state index is 0.152. The van der Waals surface area contributed by atoms with E-state index in [0.29, 0.717) is 12.3 Å². The topological polar surface area (TPSA) is 62.1 Å². The highest BCUT2D eigenvalue weighted by molar-refractivity contribution is 5.69. The normalized spacial score (nSPS) is 32.4. The van der Waals surface area contributed by atoms with Gasteiger partial charge in [0, 0.05) is 0 Å². The molecule has 1 rings (SSSR count). The Labute approximate surface area is 110 Å². The van der Waals surface area contributed by atoms with Crippen LogP contribution in [0.1, 0.15) is 53.9 Å². The van der Waals surface area contributed by atoms with Gasteiger partial charge in [-0.3, -0.25) is 0 Å². The van der Waals surface area contributed by atoms with Gasteiger partial charge in [0.25, 0.3) is 0 Å². The second-order valence-electron chi connectivity index (χ2n) is 6.49. The van der Waals surface area contributed by atoms with E-state index in [2.05, 4.69) is 18.3 Å². The molecular formula is C14H24N2O2. The summed E-state index contributed by atoms with van der Waals surface area (Å²) in [4.78, 5) is 11.8. The number of carbonyl (C=O) groups is 1. The Morgan fingerprint density at radius 2 is 2.06 bits per heavy atom. The van der Waals surface area contributed by atoms with Crippen LogP contribution in [0.25, 0.3) is 0 Å². The van der Waals surface area contributed by atoms with E-state index >= 15 is 0 Å². The summed E-state index contributed by atoms with van der Waals surface area (Å²) in [5.74, 6) is 0.765. The standard InChI is InChI=1S/C14H24N2O2/c1-10-6-7-14(9-15,11(2)8-10)16-12(17)18-13(3,4)5/h10-11H,6-8H2,1-5H3,(H,16,17). The van der Waals surface area contributed by atoms with Crippen LogP contribution < -0.4 is 5.32 Å². The highest BCUT2D eigenvalue weighted by atomic mass is 16.6. The maximum Gasteiger partial charge on any atom is 0.408 e. The summed E-state index contributed by atoms with van der Waals surface area (Å²) >= 11 is 0. The molecule has 1 N–H and O–H groups in total. The fourth-order valence-electron chi connectivity index (χ4n) is 2.51. The first-order valence-electron chi connectivity index (χ1n) is 6.61. The Morgan fingerprint density at radius 3 is 2.50 bits per heavy atom. The zero-order valence-corrected chi connectivity index (χ0v) is 12.0. The number of nitriles is 1. The lowest BCUT2D eigenvalue weighted by atomic mass is 9.71. The van der Waals surface area contributed by atoms with Crippen LogP contribution in [0.3, 0.4) is 0 Å². The molecule has 1 aliphatic carbocycles. The van der Waals surface area contributed by atoms with Crippen LogP contribution in [0.5, 0.6) is 0 Å². The molecule has 4 nitrogen and oxygen atoms in total. The quantitative estimate of drug-likeness (QED) is 0.779. The molecule has 18 heavy (non-hydrogen) atoms. The summed E-state index contributed by atoms with van der Waals surface area (Å²) in [5, 5.41) is 12.2. The lowest BCUT2D eigenvalue weighted by Crippen LogP contribution is -2.55. The molecule has 1 fully saturated rings. The van der Waals surface area contributed by atoms with Crippen LogP contribution in [-0.2, 0) is 4.74 Å². The van der Waals surface area contributed by atoms with Crippen molar-refractivity contribution in [1.29, 1.82) is 5.26 Å². The minimum atomic E-state index is -0.769. The third kappa shape index (κ3) is 3.63. The zero-order chi connectivity index (χ0) is 14.0. The van der Waals surface area contributed by atoms with E-state index in [-0.39, 0.29) is 5.92 Å². The molecule has 3 unspecified atom stereocenters. The highest BCUT2D eigenvalue weighted by Crippen LogP contribution is 2.36. The first kappa shape index (κ1) is 14.8. The molecule has 0 aromatic heterocycles. The van der Waals surface area contributed by atoms with Gasteiger partial charge in [-0.1, -0.05) is 13.8 Å². The summed E-state index contributed by atoms with van der Waals surface area (Å²) in [6, 6.07) is 2.29. The lowest BCUT2D eigenvalue weighted by Gasteiger charge is -2.40. The fourth-order valence-corrected chi connectivity index (χ4v) is 2.51. The van der Waals surface area contributed by atoms with Crippen LogP contribution in [0.15, 0.2) is 0 Å². The monoisotopic (exact) mass is 252 g/mol. The van der Waals surface area contributed by atoms with Crippen molar-refractivity contribution < 1.29 is 9.53 Å². The van der Waals surface area contributed by atoms with Crippen molar-refractivity contribution in [2.75, 3.05) is 0 Å². The van der Waals surface area contributed by atoms with Gasteiger partial charge in [0.2, 0.25) is 0 Å². The van der Waals surface area contributed by atoms with Crippen molar-refractivity contribution in [3.63, 3.8) is 0 Å². The highest BCUT2D eigenvalue weighted by Gasteiger charge is 2.42. The average Bonchev–Trinajstić information content (AvgIpc) is 2.20. The van der Waals surface area contributed by atoms with Crippen LogP contribution >= 0.6 is 0 Å². The SMILES string of the molecule is CC1CCC(C#N)(NC(=O)OC(C)(C)C)C(C)C1. The molecule has 0 heterocycles. The Kier molecular flexibility index (Phi) is 4.26. The predicted octanol–water partition coefficient (Wildman–Crippen LogP) is 3.23. The summed E-state index contributed by atoms with van der Waals surface area (Å²) < 4.78 is 5.24. The molecule has 0 spiro atoms. The second-order valence-corrected chi connectivity index (χ2v) is 6.49. The van der Waals surface area contributed by atoms with Crippen LogP contribution in [0.2, 0.25) is 0 Å². The van der Waals surface area contributed by atoms with Gasteiger partial charge in [0.05, 0.1) is 6.07 Å². The Morgan fingerprint density at radius 1 is 1.44 bits per heavy atom. The van der Waals surface area contributed by atoms with Gasteiger partial charge in [-0.25, -0.2) is 4.79 Å².